The van der Waals surface area contributed by atoms with Crippen molar-refractivity contribution in [2.45, 2.75) is 31.8 Å². The minimum atomic E-state index is -0.860. The van der Waals surface area contributed by atoms with E-state index in [9.17, 15) is 19.2 Å². The first-order valence-electron chi connectivity index (χ1n) is 13.5. The molecule has 1 aliphatic carbocycles. The number of hydrogen-bond acceptors (Lipinski definition) is 7. The van der Waals surface area contributed by atoms with Gasteiger partial charge in [-0.25, -0.2) is 0 Å². The van der Waals surface area contributed by atoms with Crippen LogP contribution in [0.15, 0.2) is 79.1 Å². The van der Waals surface area contributed by atoms with Gasteiger partial charge in [-0.05, 0) is 61.1 Å². The Morgan fingerprint density at radius 1 is 1.05 bits per heavy atom. The van der Waals surface area contributed by atoms with Crippen LogP contribution in [0.3, 0.4) is 0 Å². The van der Waals surface area contributed by atoms with E-state index in [1.54, 1.807) is 60.9 Å². The number of fused-ring (bicyclic) bond motifs is 2. The Morgan fingerprint density at radius 3 is 2.71 bits per heavy atom. The predicted octanol–water partition coefficient (Wildman–Crippen LogP) is 3.73. The monoisotopic (exact) mass is 552 g/mol. The van der Waals surface area contributed by atoms with Crippen molar-refractivity contribution in [2.24, 2.45) is 5.92 Å². The minimum Gasteiger partial charge on any atom is -0.454 e. The molecule has 0 bridgehead atoms. The van der Waals surface area contributed by atoms with Crippen molar-refractivity contribution in [3.63, 3.8) is 0 Å². The summed E-state index contributed by atoms with van der Waals surface area (Å²) in [5.41, 5.74) is 1.90. The van der Waals surface area contributed by atoms with Crippen molar-refractivity contribution in [3.05, 3.63) is 90.3 Å². The zero-order valence-electron chi connectivity index (χ0n) is 22.2. The van der Waals surface area contributed by atoms with Gasteiger partial charge in [-0.2, -0.15) is 0 Å². The third-order valence-electron chi connectivity index (χ3n) is 7.57. The molecule has 2 aromatic carbocycles. The number of Topliss-reactive ketones (excluding diaryl/α,β-unsaturated/α-hetero) is 1. The number of para-hydroxylation sites is 1. The highest BCUT2D eigenvalue weighted by Crippen LogP contribution is 2.35. The van der Waals surface area contributed by atoms with Gasteiger partial charge >= 0.3 is 0 Å². The zero-order valence-corrected chi connectivity index (χ0v) is 22.2. The molecule has 0 spiro atoms. The first-order valence-corrected chi connectivity index (χ1v) is 13.5. The largest absolute Gasteiger partial charge is 0.454 e. The summed E-state index contributed by atoms with van der Waals surface area (Å²) in [5.74, 6) is -1.27. The Kier molecular flexibility index (Phi) is 7.20. The molecular formula is C31H28N4O6. The average Bonchev–Trinajstić information content (AvgIpc) is 3.56. The number of pyridine rings is 1. The van der Waals surface area contributed by atoms with Crippen molar-refractivity contribution >= 4 is 34.9 Å². The van der Waals surface area contributed by atoms with Gasteiger partial charge < -0.3 is 19.7 Å². The predicted molar refractivity (Wildman–Crippen MR) is 149 cm³/mol. The molecule has 1 N–H and O–H groups in total. The van der Waals surface area contributed by atoms with E-state index >= 15 is 0 Å². The zero-order chi connectivity index (χ0) is 28.3. The fraction of sp³-hybridized carbons (Fsp3) is 0.258. The van der Waals surface area contributed by atoms with Crippen molar-refractivity contribution in [1.82, 2.24) is 9.88 Å². The van der Waals surface area contributed by atoms with Crippen LogP contribution in [0.25, 0.3) is 0 Å². The van der Waals surface area contributed by atoms with E-state index in [1.807, 2.05) is 12.1 Å². The lowest BCUT2D eigenvalue weighted by molar-refractivity contribution is -0.140. The number of benzene rings is 2. The van der Waals surface area contributed by atoms with Crippen LogP contribution in [-0.2, 0) is 20.9 Å². The maximum atomic E-state index is 14.1. The van der Waals surface area contributed by atoms with Gasteiger partial charge in [0.05, 0.1) is 11.3 Å². The minimum absolute atomic E-state index is 0.101. The van der Waals surface area contributed by atoms with E-state index in [0.29, 0.717) is 35.7 Å². The van der Waals surface area contributed by atoms with Gasteiger partial charge in [0.25, 0.3) is 11.7 Å². The lowest BCUT2D eigenvalue weighted by Crippen LogP contribution is -2.54. The topological polar surface area (TPSA) is 118 Å². The molecule has 2 aliphatic heterocycles. The molecule has 3 aliphatic rings. The maximum Gasteiger partial charge on any atom is 0.299 e. The molecule has 3 aromatic rings. The van der Waals surface area contributed by atoms with Gasteiger partial charge in [0.1, 0.15) is 12.6 Å². The summed E-state index contributed by atoms with van der Waals surface area (Å²) in [5, 5.41) is 2.97. The summed E-state index contributed by atoms with van der Waals surface area (Å²) < 4.78 is 10.8. The normalized spacial score (nSPS) is 17.8. The summed E-state index contributed by atoms with van der Waals surface area (Å²) >= 11 is 0. The van der Waals surface area contributed by atoms with E-state index in [2.05, 4.69) is 16.4 Å². The molecule has 0 radical (unpaired) electrons. The van der Waals surface area contributed by atoms with Crippen LogP contribution >= 0.6 is 0 Å². The second-order valence-electron chi connectivity index (χ2n) is 10.2. The number of ketones is 1. The van der Waals surface area contributed by atoms with Crippen molar-refractivity contribution < 1.29 is 28.7 Å². The van der Waals surface area contributed by atoms with Crippen LogP contribution < -0.4 is 19.7 Å². The Balaban J connectivity index is 1.33. The molecule has 0 saturated heterocycles. The number of anilines is 2. The molecule has 10 heteroatoms. The molecule has 1 unspecified atom stereocenters. The van der Waals surface area contributed by atoms with Gasteiger partial charge in [0.15, 0.2) is 11.5 Å². The first kappa shape index (κ1) is 26.2. The summed E-state index contributed by atoms with van der Waals surface area (Å²) in [6.45, 7) is -0.167. The number of amides is 3. The summed E-state index contributed by atoms with van der Waals surface area (Å²) in [4.78, 5) is 60.6. The molecule has 208 valence electrons. The smallest absolute Gasteiger partial charge is 0.299 e. The van der Waals surface area contributed by atoms with Crippen LogP contribution in [0.5, 0.6) is 11.5 Å². The van der Waals surface area contributed by atoms with E-state index in [1.165, 1.54) is 9.80 Å². The molecule has 41 heavy (non-hydrogen) atoms. The Bertz CT molecular complexity index is 1540. The molecule has 0 fully saturated rings. The molecule has 10 nitrogen and oxygen atoms in total. The Hall–Kier alpha value is -4.99. The van der Waals surface area contributed by atoms with Crippen LogP contribution in [0, 0.1) is 5.92 Å². The fourth-order valence-corrected chi connectivity index (χ4v) is 5.57. The third-order valence-corrected chi connectivity index (χ3v) is 7.57. The molecule has 3 amide bonds. The standard InChI is InChI=1S/C31H28N4O6/c36-27(18-34-24-11-5-4-10-23(24)29(37)31(34)39)35(17-20-7-6-14-32-16-20)28(21-8-2-1-3-9-21)30(38)33-22-12-13-25-26(15-22)41-19-40-25/h1-2,4-7,10-16,21,28H,3,8-9,17-19H2,(H,33,38)/t21?,28-/m1/s1. The van der Waals surface area contributed by atoms with E-state index < -0.39 is 23.6 Å². The lowest BCUT2D eigenvalue weighted by Gasteiger charge is -2.37. The maximum absolute atomic E-state index is 14.1. The van der Waals surface area contributed by atoms with Gasteiger partial charge in [0.2, 0.25) is 18.6 Å². The van der Waals surface area contributed by atoms with Crippen molar-refractivity contribution in [2.75, 3.05) is 23.6 Å². The SMILES string of the molecule is O=C1C(=O)N(CC(=O)N(Cc2cccnc2)[C@@H](C(=O)Nc2ccc3c(c2)OCO3)C2CC=CCC2)c2ccccc21. The van der Waals surface area contributed by atoms with Crippen molar-refractivity contribution in [3.8, 4) is 11.5 Å². The third kappa shape index (κ3) is 5.28. The Labute approximate surface area is 236 Å². The number of carbonyl (C=O) groups excluding carboxylic acids is 4. The first-order chi connectivity index (χ1) is 20.0. The Morgan fingerprint density at radius 2 is 1.90 bits per heavy atom. The van der Waals surface area contributed by atoms with Crippen molar-refractivity contribution in [1.29, 1.82) is 0 Å². The lowest BCUT2D eigenvalue weighted by atomic mass is 9.85. The van der Waals surface area contributed by atoms with E-state index in [0.717, 1.165) is 12.0 Å². The second-order valence-corrected chi connectivity index (χ2v) is 10.2. The molecule has 3 heterocycles. The quantitative estimate of drug-likeness (QED) is 0.334. The number of ether oxygens (including phenoxy) is 2. The summed E-state index contributed by atoms with van der Waals surface area (Å²) in [6.07, 6.45) is 9.48. The summed E-state index contributed by atoms with van der Waals surface area (Å²) in [6, 6.07) is 14.5. The number of hydrogen-bond donors (Lipinski definition) is 1. The van der Waals surface area contributed by atoms with Gasteiger partial charge in [-0.15, -0.1) is 0 Å². The number of nitrogens with one attached hydrogen (secondary N) is 1. The van der Waals surface area contributed by atoms with E-state index in [-0.39, 0.29) is 37.3 Å². The van der Waals surface area contributed by atoms with Crippen LogP contribution in [-0.4, -0.2) is 52.8 Å². The number of rotatable bonds is 8. The average molecular weight is 553 g/mol. The number of aromatic nitrogens is 1. The highest BCUT2D eigenvalue weighted by Gasteiger charge is 2.41. The molecule has 6 rings (SSSR count). The van der Waals surface area contributed by atoms with Gasteiger partial charge in [0, 0.05) is 30.7 Å². The number of nitrogens with zero attached hydrogens (tertiary/aromatic N) is 3. The number of allylic oxidation sites excluding steroid dienone is 2. The van der Waals surface area contributed by atoms with Crippen LogP contribution in [0.1, 0.15) is 35.2 Å². The summed E-state index contributed by atoms with van der Waals surface area (Å²) in [7, 11) is 0. The van der Waals surface area contributed by atoms with Gasteiger partial charge in [-0.3, -0.25) is 29.1 Å². The number of carbonyl (C=O) groups is 4. The van der Waals surface area contributed by atoms with Crippen LogP contribution in [0.4, 0.5) is 11.4 Å². The fourth-order valence-electron chi connectivity index (χ4n) is 5.57. The van der Waals surface area contributed by atoms with Crippen LogP contribution in [0.2, 0.25) is 0 Å². The second kappa shape index (κ2) is 11.2. The highest BCUT2D eigenvalue weighted by molar-refractivity contribution is 6.52. The molecule has 0 saturated carbocycles. The molecule has 1 aromatic heterocycles. The highest BCUT2D eigenvalue weighted by atomic mass is 16.7. The molecular weight excluding hydrogens is 524 g/mol. The molecule has 2 atom stereocenters. The van der Waals surface area contributed by atoms with E-state index in [4.69, 9.17) is 9.47 Å². The van der Waals surface area contributed by atoms with Gasteiger partial charge in [-0.1, -0.05) is 30.4 Å².